The van der Waals surface area contributed by atoms with Crippen molar-refractivity contribution < 1.29 is 9.47 Å². The molecule has 3 rings (SSSR count). The molecule has 4 heteroatoms. The maximum absolute atomic E-state index is 6.84. The Balaban J connectivity index is 1.69. The van der Waals surface area contributed by atoms with Crippen LogP contribution in [0.1, 0.15) is 33.1 Å². The Morgan fingerprint density at radius 2 is 2.05 bits per heavy atom. The molecule has 0 spiro atoms. The van der Waals surface area contributed by atoms with Crippen LogP contribution >= 0.6 is 0 Å². The molecular formula is C15H28N2O2. The Morgan fingerprint density at radius 3 is 2.68 bits per heavy atom. The van der Waals surface area contributed by atoms with Crippen molar-refractivity contribution in [1.82, 2.24) is 4.90 Å². The topological polar surface area (TPSA) is 47.7 Å². The van der Waals surface area contributed by atoms with Crippen molar-refractivity contribution in [2.24, 2.45) is 17.1 Å². The monoisotopic (exact) mass is 268 g/mol. The lowest BCUT2D eigenvalue weighted by Crippen LogP contribution is -2.78. The molecule has 2 aliphatic carbocycles. The van der Waals surface area contributed by atoms with Crippen LogP contribution in [0.5, 0.6) is 0 Å². The molecule has 0 aromatic rings. The number of methoxy groups -OCH3 is 1. The van der Waals surface area contributed by atoms with Crippen LogP contribution in [0.3, 0.4) is 0 Å². The second-order valence-corrected chi connectivity index (χ2v) is 7.14. The molecule has 3 unspecified atom stereocenters. The van der Waals surface area contributed by atoms with Gasteiger partial charge in [0.05, 0.1) is 12.7 Å². The van der Waals surface area contributed by atoms with Crippen molar-refractivity contribution in [2.75, 3.05) is 33.4 Å². The van der Waals surface area contributed by atoms with Crippen molar-refractivity contribution in [3.63, 3.8) is 0 Å². The van der Waals surface area contributed by atoms with E-state index in [1.165, 1.54) is 12.8 Å². The third-order valence-corrected chi connectivity index (χ3v) is 5.77. The molecule has 0 amide bonds. The summed E-state index contributed by atoms with van der Waals surface area (Å²) in [5, 5.41) is 0. The summed E-state index contributed by atoms with van der Waals surface area (Å²) in [6.45, 7) is 8.26. The van der Waals surface area contributed by atoms with E-state index in [1.54, 1.807) is 7.11 Å². The highest BCUT2D eigenvalue weighted by atomic mass is 16.5. The normalized spacial score (nSPS) is 40.3. The zero-order valence-corrected chi connectivity index (χ0v) is 12.5. The molecule has 0 radical (unpaired) electrons. The summed E-state index contributed by atoms with van der Waals surface area (Å²) in [7, 11) is 1.78. The van der Waals surface area contributed by atoms with E-state index < -0.39 is 0 Å². The van der Waals surface area contributed by atoms with Gasteiger partial charge in [-0.1, -0.05) is 13.8 Å². The first-order chi connectivity index (χ1) is 9.00. The molecule has 1 aliphatic heterocycles. The number of nitrogens with zero attached hydrogens (tertiary/aromatic N) is 1. The first kappa shape index (κ1) is 13.8. The minimum absolute atomic E-state index is 0.0916. The minimum Gasteiger partial charge on any atom is -0.383 e. The first-order valence-corrected chi connectivity index (χ1v) is 7.64. The molecule has 3 atom stereocenters. The highest BCUT2D eigenvalue weighted by molar-refractivity contribution is 5.22. The van der Waals surface area contributed by atoms with E-state index in [9.17, 15) is 0 Å². The molecule has 4 nitrogen and oxygen atoms in total. The molecule has 2 saturated carbocycles. The van der Waals surface area contributed by atoms with Crippen LogP contribution in [-0.4, -0.2) is 56.0 Å². The van der Waals surface area contributed by atoms with Crippen molar-refractivity contribution in [1.29, 1.82) is 0 Å². The summed E-state index contributed by atoms with van der Waals surface area (Å²) in [5.41, 5.74) is 6.84. The minimum atomic E-state index is -0.0928. The van der Waals surface area contributed by atoms with Gasteiger partial charge in [0.25, 0.3) is 0 Å². The fourth-order valence-corrected chi connectivity index (χ4v) is 4.17. The van der Waals surface area contributed by atoms with E-state index >= 15 is 0 Å². The van der Waals surface area contributed by atoms with Gasteiger partial charge in [-0.3, -0.25) is 4.90 Å². The number of fused-ring (bicyclic) bond motifs is 1. The van der Waals surface area contributed by atoms with Gasteiger partial charge in [0, 0.05) is 49.7 Å². The predicted octanol–water partition coefficient (Wildman–Crippen LogP) is 1.24. The maximum atomic E-state index is 6.84. The van der Waals surface area contributed by atoms with Crippen LogP contribution in [0.15, 0.2) is 0 Å². The number of ether oxygens (including phenoxy) is 2. The number of rotatable bonds is 6. The Bertz CT molecular complexity index is 343. The van der Waals surface area contributed by atoms with Gasteiger partial charge in [-0.15, -0.1) is 0 Å². The van der Waals surface area contributed by atoms with E-state index in [2.05, 4.69) is 18.7 Å². The smallest absolute Gasteiger partial charge is 0.0691 e. The molecule has 3 aliphatic rings. The molecule has 0 bridgehead atoms. The van der Waals surface area contributed by atoms with Crippen molar-refractivity contribution in [3.8, 4) is 0 Å². The molecule has 110 valence electrons. The highest BCUT2D eigenvalue weighted by Gasteiger charge is 2.68. The summed E-state index contributed by atoms with van der Waals surface area (Å²) in [5.74, 6) is 0.547. The average Bonchev–Trinajstić information content (AvgIpc) is 3.10. The number of hydrogen-bond acceptors (Lipinski definition) is 4. The zero-order chi connectivity index (χ0) is 13.7. The molecule has 3 fully saturated rings. The van der Waals surface area contributed by atoms with Crippen LogP contribution < -0.4 is 5.73 Å². The molecular weight excluding hydrogens is 240 g/mol. The van der Waals surface area contributed by atoms with Crippen LogP contribution in [-0.2, 0) is 9.47 Å². The van der Waals surface area contributed by atoms with Crippen molar-refractivity contribution >= 4 is 0 Å². The third-order valence-electron chi connectivity index (χ3n) is 5.77. The van der Waals surface area contributed by atoms with Gasteiger partial charge in [-0.2, -0.15) is 0 Å². The second-order valence-electron chi connectivity index (χ2n) is 7.14. The number of hydrogen-bond donors (Lipinski definition) is 1. The quantitative estimate of drug-likeness (QED) is 0.787. The third kappa shape index (κ3) is 2.04. The first-order valence-electron chi connectivity index (χ1n) is 7.64. The van der Waals surface area contributed by atoms with Crippen molar-refractivity contribution in [2.45, 2.75) is 50.8 Å². The molecule has 0 aromatic carbocycles. The zero-order valence-electron chi connectivity index (χ0n) is 12.5. The fraction of sp³-hybridized carbons (Fsp3) is 1.00. The Hall–Kier alpha value is -0.160. The standard InChI is InChI=1S/C15H28N2O2/c1-14(2)13-12(6-8-19-13)15(14,16)10-17(7-9-18-3)11-4-5-11/h11-13H,4-10,16H2,1-3H3. The van der Waals surface area contributed by atoms with Gasteiger partial charge >= 0.3 is 0 Å². The van der Waals surface area contributed by atoms with E-state index in [1.807, 2.05) is 0 Å². The van der Waals surface area contributed by atoms with Crippen molar-refractivity contribution in [3.05, 3.63) is 0 Å². The lowest BCUT2D eigenvalue weighted by atomic mass is 9.48. The van der Waals surface area contributed by atoms with Crippen LogP contribution in [0, 0.1) is 11.3 Å². The largest absolute Gasteiger partial charge is 0.383 e. The van der Waals surface area contributed by atoms with E-state index in [0.29, 0.717) is 12.0 Å². The van der Waals surface area contributed by atoms with Gasteiger partial charge in [0.15, 0.2) is 0 Å². The Kier molecular flexibility index (Phi) is 3.41. The van der Waals surface area contributed by atoms with Crippen LogP contribution in [0.25, 0.3) is 0 Å². The summed E-state index contributed by atoms with van der Waals surface area (Å²) in [6, 6.07) is 0.743. The molecule has 1 heterocycles. The van der Waals surface area contributed by atoms with E-state index in [-0.39, 0.29) is 11.0 Å². The lowest BCUT2D eigenvalue weighted by molar-refractivity contribution is -0.164. The lowest BCUT2D eigenvalue weighted by Gasteiger charge is -2.63. The summed E-state index contributed by atoms with van der Waals surface area (Å²) >= 11 is 0. The number of nitrogens with two attached hydrogens (primary N) is 1. The van der Waals surface area contributed by atoms with Gasteiger partial charge in [0.1, 0.15) is 0 Å². The highest BCUT2D eigenvalue weighted by Crippen LogP contribution is 2.58. The van der Waals surface area contributed by atoms with Crippen LogP contribution in [0.4, 0.5) is 0 Å². The second kappa shape index (κ2) is 4.69. The SMILES string of the molecule is COCCN(CC1(N)C2CCOC2C1(C)C)C1CC1. The summed E-state index contributed by atoms with van der Waals surface area (Å²) in [6.07, 6.45) is 4.16. The Labute approximate surface area is 116 Å². The molecule has 1 saturated heterocycles. The molecule has 0 aromatic heterocycles. The van der Waals surface area contributed by atoms with Gasteiger partial charge in [0.2, 0.25) is 0 Å². The predicted molar refractivity (Wildman–Crippen MR) is 75.0 cm³/mol. The van der Waals surface area contributed by atoms with Gasteiger partial charge in [-0.05, 0) is 19.3 Å². The molecule has 2 N–H and O–H groups in total. The summed E-state index contributed by atoms with van der Waals surface area (Å²) < 4.78 is 11.1. The molecule has 19 heavy (non-hydrogen) atoms. The maximum Gasteiger partial charge on any atom is 0.0691 e. The summed E-state index contributed by atoms with van der Waals surface area (Å²) in [4.78, 5) is 2.56. The fourth-order valence-electron chi connectivity index (χ4n) is 4.17. The van der Waals surface area contributed by atoms with Gasteiger partial charge < -0.3 is 15.2 Å². The van der Waals surface area contributed by atoms with Crippen LogP contribution in [0.2, 0.25) is 0 Å². The average molecular weight is 268 g/mol. The Morgan fingerprint density at radius 1 is 1.32 bits per heavy atom. The van der Waals surface area contributed by atoms with E-state index in [4.69, 9.17) is 15.2 Å². The van der Waals surface area contributed by atoms with Gasteiger partial charge in [-0.25, -0.2) is 0 Å². The van der Waals surface area contributed by atoms with E-state index in [0.717, 1.165) is 38.8 Å².